The molecule has 3 rings (SSSR count). The molecule has 1 saturated heterocycles. The van der Waals surface area contributed by atoms with Crippen LogP contribution in [0.1, 0.15) is 0 Å². The molecule has 78 valence electrons. The Kier molecular flexibility index (Phi) is 1.58. The molecule has 0 aromatic rings. The number of nitrogens with zero attached hydrogens (tertiary/aromatic N) is 2. The Morgan fingerprint density at radius 2 is 2.14 bits per heavy atom. The third-order valence-electron chi connectivity index (χ3n) is 3.17. The number of aliphatic hydroxyl groups is 1. The number of aliphatic imine (C=N–C) groups is 1. The van der Waals surface area contributed by atoms with Gasteiger partial charge < -0.3 is 19.5 Å². The van der Waals surface area contributed by atoms with Crippen LogP contribution in [-0.2, 0) is 9.47 Å². The summed E-state index contributed by atoms with van der Waals surface area (Å²) in [5.74, 6) is 0.103. The van der Waals surface area contributed by atoms with Crippen LogP contribution in [0.25, 0.3) is 0 Å². The molecule has 0 spiro atoms. The fraction of sp³-hybridized carbons (Fsp3) is 0.889. The monoisotopic (exact) mass is 198 g/mol. The van der Waals surface area contributed by atoms with Gasteiger partial charge in [0, 0.05) is 14.1 Å². The summed E-state index contributed by atoms with van der Waals surface area (Å²) in [6.45, 7) is 0.124. The van der Waals surface area contributed by atoms with Gasteiger partial charge >= 0.3 is 0 Å². The molecule has 3 aliphatic rings. The summed E-state index contributed by atoms with van der Waals surface area (Å²) in [4.78, 5) is 6.31. The molecule has 1 saturated carbocycles. The van der Waals surface area contributed by atoms with Gasteiger partial charge in [-0.05, 0) is 0 Å². The summed E-state index contributed by atoms with van der Waals surface area (Å²) in [5, 5.41) is 9.21. The molecular weight excluding hydrogens is 184 g/mol. The fourth-order valence-electron chi connectivity index (χ4n) is 2.39. The summed E-state index contributed by atoms with van der Waals surface area (Å²) in [6.07, 6.45) is 0.401. The van der Waals surface area contributed by atoms with Gasteiger partial charge in [0.05, 0.1) is 18.6 Å². The van der Waals surface area contributed by atoms with Crippen molar-refractivity contribution in [2.75, 3.05) is 20.7 Å². The predicted molar refractivity (Wildman–Crippen MR) is 49.0 cm³/mol. The quantitative estimate of drug-likeness (QED) is 0.552. The van der Waals surface area contributed by atoms with E-state index in [1.54, 1.807) is 0 Å². The first-order valence-corrected chi connectivity index (χ1v) is 4.90. The molecule has 2 aliphatic heterocycles. The lowest BCUT2D eigenvalue weighted by molar-refractivity contribution is 0.0493. The van der Waals surface area contributed by atoms with Gasteiger partial charge in [0.2, 0.25) is 0 Å². The Morgan fingerprint density at radius 1 is 1.36 bits per heavy atom. The highest BCUT2D eigenvalue weighted by Gasteiger charge is 2.65. The standard InChI is InChI=1S/C9H14N2O3/c1-11(2)9-10-5-6(14-9)4(3-12)7-8(5)13-7/h4-8,12H,3H2,1-2H3. The van der Waals surface area contributed by atoms with Crippen LogP contribution in [0.2, 0.25) is 0 Å². The van der Waals surface area contributed by atoms with E-state index in [4.69, 9.17) is 9.47 Å². The molecule has 2 heterocycles. The van der Waals surface area contributed by atoms with E-state index in [0.717, 1.165) is 0 Å². The van der Waals surface area contributed by atoms with Crippen LogP contribution in [0, 0.1) is 5.92 Å². The predicted octanol–water partition coefficient (Wildman–Crippen LogP) is -0.939. The van der Waals surface area contributed by atoms with Crippen LogP contribution in [0.3, 0.4) is 0 Å². The highest BCUT2D eigenvalue weighted by Crippen LogP contribution is 2.48. The second-order valence-electron chi connectivity index (χ2n) is 4.29. The molecule has 5 atom stereocenters. The van der Waals surface area contributed by atoms with E-state index < -0.39 is 0 Å². The minimum Gasteiger partial charge on any atom is -0.459 e. The molecule has 0 amide bonds. The number of hydrogen-bond acceptors (Lipinski definition) is 5. The third kappa shape index (κ3) is 0.938. The lowest BCUT2D eigenvalue weighted by atomic mass is 10.1. The maximum atomic E-state index is 9.21. The smallest absolute Gasteiger partial charge is 0.287 e. The zero-order chi connectivity index (χ0) is 9.87. The van der Waals surface area contributed by atoms with Crippen molar-refractivity contribution in [1.29, 1.82) is 0 Å². The normalized spacial score (nSPS) is 47.9. The molecule has 0 aromatic carbocycles. The van der Waals surface area contributed by atoms with Gasteiger partial charge in [0.25, 0.3) is 6.02 Å². The SMILES string of the molecule is CN(C)C1=NC2C(O1)C(CO)C1OC21. The summed E-state index contributed by atoms with van der Waals surface area (Å²) >= 11 is 0. The van der Waals surface area contributed by atoms with Gasteiger partial charge in [-0.1, -0.05) is 0 Å². The second-order valence-corrected chi connectivity index (χ2v) is 4.29. The summed E-state index contributed by atoms with van der Waals surface area (Å²) in [6, 6.07) is 0.766. The number of hydrogen-bond donors (Lipinski definition) is 1. The number of fused-ring (bicyclic) bond motifs is 3. The fourth-order valence-corrected chi connectivity index (χ4v) is 2.39. The first kappa shape index (κ1) is 8.49. The molecule has 5 nitrogen and oxygen atoms in total. The van der Waals surface area contributed by atoms with Gasteiger partial charge in [-0.25, -0.2) is 4.99 Å². The highest BCUT2D eigenvalue weighted by molar-refractivity contribution is 5.75. The van der Waals surface area contributed by atoms with Crippen LogP contribution in [0.15, 0.2) is 4.99 Å². The van der Waals surface area contributed by atoms with E-state index in [9.17, 15) is 5.11 Å². The second kappa shape index (κ2) is 2.61. The summed E-state index contributed by atoms with van der Waals surface area (Å²) < 4.78 is 11.1. The average molecular weight is 198 g/mol. The van der Waals surface area contributed by atoms with Crippen molar-refractivity contribution in [2.24, 2.45) is 10.9 Å². The number of ether oxygens (including phenoxy) is 2. The average Bonchev–Trinajstić information content (AvgIpc) is 2.71. The highest BCUT2D eigenvalue weighted by atomic mass is 16.6. The van der Waals surface area contributed by atoms with E-state index >= 15 is 0 Å². The number of epoxide rings is 1. The zero-order valence-electron chi connectivity index (χ0n) is 8.25. The Morgan fingerprint density at radius 3 is 2.79 bits per heavy atom. The molecular formula is C9H14N2O3. The minimum absolute atomic E-state index is 0.0288. The van der Waals surface area contributed by atoms with Crippen molar-refractivity contribution in [3.63, 3.8) is 0 Å². The molecule has 1 aliphatic carbocycles. The summed E-state index contributed by atoms with van der Waals surface area (Å²) in [7, 11) is 3.80. The van der Waals surface area contributed by atoms with Crippen LogP contribution < -0.4 is 0 Å². The minimum atomic E-state index is 0.0288. The van der Waals surface area contributed by atoms with Crippen molar-refractivity contribution in [2.45, 2.75) is 24.4 Å². The summed E-state index contributed by atoms with van der Waals surface area (Å²) in [5.41, 5.74) is 0. The number of amidine groups is 1. The Balaban J connectivity index is 1.82. The molecule has 5 unspecified atom stereocenters. The molecule has 14 heavy (non-hydrogen) atoms. The number of aliphatic hydroxyl groups excluding tert-OH is 1. The maximum Gasteiger partial charge on any atom is 0.287 e. The lowest BCUT2D eigenvalue weighted by Crippen LogP contribution is -2.33. The van der Waals surface area contributed by atoms with Gasteiger partial charge in [-0.3, -0.25) is 0 Å². The Labute approximate surface area is 82.3 Å². The largest absolute Gasteiger partial charge is 0.459 e. The van der Waals surface area contributed by atoms with Crippen LogP contribution >= 0.6 is 0 Å². The first-order chi connectivity index (χ1) is 6.72. The van der Waals surface area contributed by atoms with E-state index in [1.165, 1.54) is 0 Å². The molecule has 0 radical (unpaired) electrons. The van der Waals surface area contributed by atoms with Gasteiger partial charge in [0.15, 0.2) is 0 Å². The zero-order valence-corrected chi connectivity index (χ0v) is 8.25. The first-order valence-electron chi connectivity index (χ1n) is 4.90. The van der Waals surface area contributed by atoms with Gasteiger partial charge in [0.1, 0.15) is 18.2 Å². The molecule has 5 heteroatoms. The molecule has 1 N–H and O–H groups in total. The van der Waals surface area contributed by atoms with Crippen LogP contribution in [0.4, 0.5) is 0 Å². The number of rotatable bonds is 1. The maximum absolute atomic E-state index is 9.21. The van der Waals surface area contributed by atoms with E-state index in [-0.39, 0.29) is 36.9 Å². The Hall–Kier alpha value is -0.810. The van der Waals surface area contributed by atoms with Crippen LogP contribution in [-0.4, -0.2) is 61.1 Å². The van der Waals surface area contributed by atoms with Gasteiger partial charge in [-0.15, -0.1) is 0 Å². The van der Waals surface area contributed by atoms with Crippen molar-refractivity contribution >= 4 is 6.02 Å². The van der Waals surface area contributed by atoms with E-state index in [2.05, 4.69) is 4.99 Å². The van der Waals surface area contributed by atoms with Crippen molar-refractivity contribution in [3.05, 3.63) is 0 Å². The topological polar surface area (TPSA) is 57.6 Å². The van der Waals surface area contributed by atoms with Gasteiger partial charge in [-0.2, -0.15) is 0 Å². The van der Waals surface area contributed by atoms with E-state index in [0.29, 0.717) is 6.02 Å². The van der Waals surface area contributed by atoms with Crippen molar-refractivity contribution < 1.29 is 14.6 Å². The van der Waals surface area contributed by atoms with Crippen molar-refractivity contribution in [1.82, 2.24) is 4.90 Å². The lowest BCUT2D eigenvalue weighted by Gasteiger charge is -2.20. The molecule has 2 fully saturated rings. The molecule has 0 aromatic heterocycles. The third-order valence-corrected chi connectivity index (χ3v) is 3.17. The van der Waals surface area contributed by atoms with Crippen LogP contribution in [0.5, 0.6) is 0 Å². The van der Waals surface area contributed by atoms with Crippen molar-refractivity contribution in [3.8, 4) is 0 Å². The van der Waals surface area contributed by atoms with E-state index in [1.807, 2.05) is 19.0 Å². The Bertz CT molecular complexity index is 292. The molecule has 0 bridgehead atoms.